The maximum atomic E-state index is 14.3. The Kier molecular flexibility index (Phi) is 33.7. The molecule has 0 heterocycles. The average molecular weight is 1620 g/mol. The fourth-order valence-corrected chi connectivity index (χ4v) is 15.6. The lowest BCUT2D eigenvalue weighted by molar-refractivity contribution is 0.187. The number of unbranched alkanes of at least 4 members (excludes halogenated alkanes) is 3. The lowest BCUT2D eigenvalue weighted by Gasteiger charge is -2.29. The highest BCUT2D eigenvalue weighted by Crippen LogP contribution is 2.43. The Morgan fingerprint density at radius 2 is 0.421 bits per heavy atom. The van der Waals surface area contributed by atoms with Crippen molar-refractivity contribution in [2.45, 2.75) is 218 Å². The molecule has 114 heavy (non-hydrogen) atoms. The summed E-state index contributed by atoms with van der Waals surface area (Å²) >= 11 is 0. The number of rotatable bonds is 26. The van der Waals surface area contributed by atoms with E-state index in [0.717, 1.165) is 87.1 Å². The molecule has 0 aliphatic heterocycles. The minimum absolute atomic E-state index is 0.0665. The third kappa shape index (κ3) is 24.8. The third-order valence-electron chi connectivity index (χ3n) is 22.2. The number of hydrogen-bond donors (Lipinski definition) is 0. The highest BCUT2D eigenvalue weighted by atomic mass is 19.2. The lowest BCUT2D eigenvalue weighted by Crippen LogP contribution is -2.20. The van der Waals surface area contributed by atoms with Crippen molar-refractivity contribution >= 4 is 0 Å². The molecule has 12 rings (SSSR count). The van der Waals surface area contributed by atoms with E-state index in [1.54, 1.807) is 0 Å². The first-order chi connectivity index (χ1) is 54.5. The first kappa shape index (κ1) is 89.5. The van der Waals surface area contributed by atoms with Crippen molar-refractivity contribution in [3.8, 4) is 23.0 Å². The van der Waals surface area contributed by atoms with Crippen molar-refractivity contribution in [2.75, 3.05) is 26.4 Å². The number of ether oxygens (including phenoxy) is 4. The van der Waals surface area contributed by atoms with Crippen molar-refractivity contribution in [3.05, 3.63) is 258 Å². The Bertz CT molecular complexity index is 4280. The summed E-state index contributed by atoms with van der Waals surface area (Å²) in [6, 6.07) is 18.8. The molecule has 0 saturated heterocycles. The van der Waals surface area contributed by atoms with Crippen LogP contribution in [0.15, 0.2) is 97.1 Å². The largest absolute Gasteiger partial charge is 0.487 e. The zero-order valence-electron chi connectivity index (χ0n) is 64.3. The minimum Gasteiger partial charge on any atom is -0.487 e. The van der Waals surface area contributed by atoms with Crippen molar-refractivity contribution in [1.82, 2.24) is 0 Å². The molecule has 24 heteroatoms. The summed E-state index contributed by atoms with van der Waals surface area (Å²) in [6.45, 7) is 8.56. The van der Waals surface area contributed by atoms with Gasteiger partial charge in [0.25, 0.3) is 0 Å². The van der Waals surface area contributed by atoms with Gasteiger partial charge in [-0.3, -0.25) is 0 Å². The fourth-order valence-electron chi connectivity index (χ4n) is 15.6. The minimum atomic E-state index is -1.46. The molecule has 0 bridgehead atoms. The van der Waals surface area contributed by atoms with Gasteiger partial charge in [0.15, 0.2) is 139 Å². The van der Waals surface area contributed by atoms with E-state index in [1.807, 2.05) is 20.8 Å². The van der Waals surface area contributed by atoms with E-state index in [-0.39, 0.29) is 96.8 Å². The molecular weight excluding hydrogens is 1520 g/mol. The monoisotopic (exact) mass is 1620 g/mol. The van der Waals surface area contributed by atoms with Crippen LogP contribution in [0.5, 0.6) is 23.0 Å². The van der Waals surface area contributed by atoms with Gasteiger partial charge in [-0.25, -0.2) is 87.8 Å². The van der Waals surface area contributed by atoms with Gasteiger partial charge in [-0.05, 0) is 330 Å². The Hall–Kier alpha value is -8.44. The van der Waals surface area contributed by atoms with Crippen LogP contribution < -0.4 is 18.9 Å². The summed E-state index contributed by atoms with van der Waals surface area (Å²) in [5.74, 6) is -22.2. The summed E-state index contributed by atoms with van der Waals surface area (Å²) in [4.78, 5) is 0. The second-order valence-electron chi connectivity index (χ2n) is 30.5. The van der Waals surface area contributed by atoms with Gasteiger partial charge in [-0.2, -0.15) is 0 Å². The second-order valence-corrected chi connectivity index (χ2v) is 30.5. The van der Waals surface area contributed by atoms with Gasteiger partial charge >= 0.3 is 0 Å². The zero-order chi connectivity index (χ0) is 82.4. The highest BCUT2D eigenvalue weighted by molar-refractivity contribution is 5.36. The van der Waals surface area contributed by atoms with Crippen LogP contribution >= 0.6 is 0 Å². The maximum Gasteiger partial charge on any atom is 0.194 e. The van der Waals surface area contributed by atoms with Gasteiger partial charge in [0.1, 0.15) is 0 Å². The van der Waals surface area contributed by atoms with Crippen LogP contribution in [0.3, 0.4) is 0 Å². The van der Waals surface area contributed by atoms with Gasteiger partial charge in [0, 0.05) is 0 Å². The molecule has 4 fully saturated rings. The van der Waals surface area contributed by atoms with Crippen LogP contribution in [-0.2, 0) is 25.7 Å². The van der Waals surface area contributed by atoms with Gasteiger partial charge in [-0.1, -0.05) is 53.4 Å². The van der Waals surface area contributed by atoms with Crippen LogP contribution in [-0.4, -0.2) is 26.4 Å². The SMILES string of the molecule is CCCCCc1cc(F)c(OCC2CCC(c3cc(F)c(F)c(F)c3)CC2)c(F)c1.CCCCc1cc(F)c(OCC2CCC(c3cc(F)c(F)c(F)c3)CC2)c(F)c1.CCCc1cc(F)c(OCC2CCC(c3cc(F)c(F)c(F)c3)CC2)c(F)c1.CCc1cc(F)c(OCC2CCC(c3cc(F)c(F)c(F)c3)CC2)c(F)c1. The summed E-state index contributed by atoms with van der Waals surface area (Å²) in [5, 5.41) is 0. The highest BCUT2D eigenvalue weighted by Gasteiger charge is 2.32. The standard InChI is InChI=1S/C24H27F5O.C23H25F5O.C22H23F5O.C21H21F5O/c1-2-3-4-5-16-10-21(27)24(22(28)11-16)30-14-15-6-8-17(9-7-15)18-12-19(25)23(29)20(26)13-18;1-2-3-4-15-9-20(26)23(21(27)10-15)29-13-14-5-7-16(8-6-14)17-11-18(24)22(28)19(25)12-17;1-2-3-14-8-19(25)22(20(26)9-14)28-12-13-4-6-15(7-5-13)16-10-17(23)21(27)18(24)11-16;1-2-12-7-18(24)21(19(25)8-12)27-11-13-3-5-14(6-4-13)15-9-16(22)20(26)17(23)10-15/h10-13,15,17H,2-9,14H2,1H3;9-12,14,16H,2-8,13H2,1H3;8-11,13,15H,2-7,12H2,1H3;7-10,13-14H,2-6,11H2,1H3. The molecular formula is C90H96F20O4. The van der Waals surface area contributed by atoms with Crippen molar-refractivity contribution in [3.63, 3.8) is 0 Å². The van der Waals surface area contributed by atoms with E-state index >= 15 is 0 Å². The summed E-state index contributed by atoms with van der Waals surface area (Å²) < 4.78 is 295. The summed E-state index contributed by atoms with van der Waals surface area (Å²) in [6.07, 6.45) is 18.7. The molecule has 0 amide bonds. The van der Waals surface area contributed by atoms with Gasteiger partial charge in [0.2, 0.25) is 0 Å². The Balaban J connectivity index is 0.000000174. The molecule has 0 radical (unpaired) electrons. The van der Waals surface area contributed by atoms with Crippen LogP contribution in [0.2, 0.25) is 0 Å². The van der Waals surface area contributed by atoms with E-state index < -0.39 is 116 Å². The molecule has 4 aliphatic carbocycles. The van der Waals surface area contributed by atoms with E-state index in [1.165, 1.54) is 48.5 Å². The molecule has 8 aromatic rings. The van der Waals surface area contributed by atoms with E-state index in [0.29, 0.717) is 173 Å². The number of benzene rings is 8. The second kappa shape index (κ2) is 43.0. The number of halogens is 20. The first-order valence-electron chi connectivity index (χ1n) is 39.6. The van der Waals surface area contributed by atoms with Gasteiger partial charge in [0.05, 0.1) is 26.4 Å². The molecule has 4 nitrogen and oxygen atoms in total. The molecule has 0 unspecified atom stereocenters. The summed E-state index contributed by atoms with van der Waals surface area (Å²) in [7, 11) is 0. The number of aryl methyl sites for hydroxylation is 4. The van der Waals surface area contributed by atoms with Crippen LogP contribution in [0, 0.1) is 140 Å². The van der Waals surface area contributed by atoms with Crippen LogP contribution in [0.4, 0.5) is 87.8 Å². The maximum absolute atomic E-state index is 14.3. The Morgan fingerprint density at radius 3 is 0.623 bits per heavy atom. The topological polar surface area (TPSA) is 36.9 Å². The smallest absolute Gasteiger partial charge is 0.194 e. The average Bonchev–Trinajstić information content (AvgIpc) is 0.832. The normalized spacial score (nSPS) is 19.5. The number of hydrogen-bond acceptors (Lipinski definition) is 4. The first-order valence-corrected chi connectivity index (χ1v) is 39.6. The van der Waals surface area contributed by atoms with E-state index in [9.17, 15) is 87.8 Å². The van der Waals surface area contributed by atoms with Crippen LogP contribution in [0.25, 0.3) is 0 Å². The molecule has 620 valence electrons. The molecule has 4 saturated carbocycles. The zero-order valence-corrected chi connectivity index (χ0v) is 64.3. The fraction of sp³-hybridized carbons (Fsp3) is 0.467. The van der Waals surface area contributed by atoms with E-state index in [2.05, 4.69) is 6.92 Å². The van der Waals surface area contributed by atoms with Crippen molar-refractivity contribution in [1.29, 1.82) is 0 Å². The Labute approximate surface area is 653 Å². The third-order valence-corrected chi connectivity index (χ3v) is 22.2. The molecule has 0 aromatic heterocycles. The molecule has 0 spiro atoms. The predicted molar refractivity (Wildman–Crippen MR) is 397 cm³/mol. The van der Waals surface area contributed by atoms with E-state index in [4.69, 9.17) is 18.9 Å². The molecule has 0 atom stereocenters. The van der Waals surface area contributed by atoms with Crippen molar-refractivity contribution < 1.29 is 107 Å². The van der Waals surface area contributed by atoms with Gasteiger partial charge < -0.3 is 18.9 Å². The molecule has 0 N–H and O–H groups in total. The van der Waals surface area contributed by atoms with Gasteiger partial charge in [-0.15, -0.1) is 0 Å². The molecule has 8 aromatic carbocycles. The predicted octanol–water partition coefficient (Wildman–Crippen LogP) is 27.5. The quantitative estimate of drug-likeness (QED) is 0.0308. The van der Waals surface area contributed by atoms with Crippen LogP contribution in [0.1, 0.15) is 237 Å². The Morgan fingerprint density at radius 1 is 0.219 bits per heavy atom. The molecule has 4 aliphatic rings. The lowest BCUT2D eigenvalue weighted by atomic mass is 9.79. The van der Waals surface area contributed by atoms with Crippen molar-refractivity contribution in [2.24, 2.45) is 23.7 Å². The summed E-state index contributed by atoms with van der Waals surface area (Å²) in [5.41, 5.74) is 4.19.